The van der Waals surface area contributed by atoms with Gasteiger partial charge in [0.25, 0.3) is 11.8 Å². The molecule has 0 aromatic heterocycles. The van der Waals surface area contributed by atoms with Crippen molar-refractivity contribution in [2.24, 2.45) is 0 Å². The minimum Gasteiger partial charge on any atom is -0.423 e. The topological polar surface area (TPSA) is 75.7 Å². The van der Waals surface area contributed by atoms with Crippen LogP contribution >= 0.6 is 34.8 Å². The molecular formula is C27H21Cl3N2O4. The highest BCUT2D eigenvalue weighted by molar-refractivity contribution is 6.54. The molecule has 2 amide bonds. The third-order valence-corrected chi connectivity index (χ3v) is 6.40. The molecule has 3 aromatic carbocycles. The van der Waals surface area contributed by atoms with E-state index in [9.17, 15) is 14.4 Å². The summed E-state index contributed by atoms with van der Waals surface area (Å²) in [4.78, 5) is 39.1. The summed E-state index contributed by atoms with van der Waals surface area (Å²) in [5.74, 6) is -1.51. The Hall–Kier alpha value is -3.32. The van der Waals surface area contributed by atoms with Gasteiger partial charge in [-0.15, -0.1) is 0 Å². The molecule has 1 N–H and O–H groups in total. The lowest BCUT2D eigenvalue weighted by Crippen LogP contribution is -2.32. The van der Waals surface area contributed by atoms with E-state index >= 15 is 0 Å². The molecule has 1 aliphatic rings. The van der Waals surface area contributed by atoms with Crippen molar-refractivity contribution < 1.29 is 19.1 Å². The van der Waals surface area contributed by atoms with Crippen LogP contribution in [-0.2, 0) is 15.0 Å². The highest BCUT2D eigenvalue weighted by atomic mass is 35.5. The molecule has 0 saturated carbocycles. The van der Waals surface area contributed by atoms with Crippen molar-refractivity contribution in [3.05, 3.63) is 98.6 Å². The fraction of sp³-hybridized carbons (Fsp3) is 0.148. The van der Waals surface area contributed by atoms with Gasteiger partial charge in [0.1, 0.15) is 16.5 Å². The van der Waals surface area contributed by atoms with Crippen LogP contribution in [0.4, 0.5) is 11.4 Å². The maximum Gasteiger partial charge on any atom is 0.343 e. The third kappa shape index (κ3) is 5.26. The number of hydrogen-bond donors (Lipinski definition) is 1. The highest BCUT2D eigenvalue weighted by Crippen LogP contribution is 2.36. The number of anilines is 2. The van der Waals surface area contributed by atoms with Crippen LogP contribution in [-0.4, -0.2) is 17.8 Å². The normalized spacial score (nSPS) is 13.9. The summed E-state index contributed by atoms with van der Waals surface area (Å²) in [6.07, 6.45) is 0. The fourth-order valence-corrected chi connectivity index (χ4v) is 4.09. The summed E-state index contributed by atoms with van der Waals surface area (Å²) in [7, 11) is 0. The van der Waals surface area contributed by atoms with E-state index in [0.717, 1.165) is 10.5 Å². The van der Waals surface area contributed by atoms with Crippen molar-refractivity contribution in [1.82, 2.24) is 0 Å². The second-order valence-electron chi connectivity index (χ2n) is 9.10. The molecule has 0 radical (unpaired) electrons. The van der Waals surface area contributed by atoms with Gasteiger partial charge in [-0.2, -0.15) is 0 Å². The Morgan fingerprint density at radius 1 is 0.861 bits per heavy atom. The molecule has 0 atom stereocenters. The predicted octanol–water partition coefficient (Wildman–Crippen LogP) is 6.95. The van der Waals surface area contributed by atoms with Gasteiger partial charge in [-0.3, -0.25) is 9.59 Å². The Labute approximate surface area is 223 Å². The largest absolute Gasteiger partial charge is 0.423 e. The van der Waals surface area contributed by atoms with Crippen LogP contribution in [0.15, 0.2) is 77.5 Å². The fourth-order valence-electron chi connectivity index (χ4n) is 3.51. The predicted molar refractivity (Wildman–Crippen MR) is 142 cm³/mol. The van der Waals surface area contributed by atoms with E-state index in [0.29, 0.717) is 22.0 Å². The van der Waals surface area contributed by atoms with E-state index < -0.39 is 17.8 Å². The van der Waals surface area contributed by atoms with E-state index in [-0.39, 0.29) is 26.9 Å². The smallest absolute Gasteiger partial charge is 0.343 e. The molecule has 1 heterocycles. The number of nitrogens with one attached hydrogen (secondary N) is 1. The van der Waals surface area contributed by atoms with Crippen molar-refractivity contribution >= 4 is 64.0 Å². The lowest BCUT2D eigenvalue weighted by atomic mass is 9.87. The van der Waals surface area contributed by atoms with Gasteiger partial charge in [0.2, 0.25) is 0 Å². The van der Waals surface area contributed by atoms with Gasteiger partial charge in [-0.1, -0.05) is 67.7 Å². The summed E-state index contributed by atoms with van der Waals surface area (Å²) in [6, 6.07) is 18.0. The van der Waals surface area contributed by atoms with E-state index in [2.05, 4.69) is 26.1 Å². The van der Waals surface area contributed by atoms with Gasteiger partial charge >= 0.3 is 5.97 Å². The summed E-state index contributed by atoms with van der Waals surface area (Å²) in [6.45, 7) is 6.31. The number of amides is 2. The van der Waals surface area contributed by atoms with Gasteiger partial charge in [-0.05, 0) is 65.6 Å². The first-order valence-electron chi connectivity index (χ1n) is 10.9. The van der Waals surface area contributed by atoms with Crippen LogP contribution in [0, 0.1) is 0 Å². The van der Waals surface area contributed by atoms with Crippen molar-refractivity contribution in [2.45, 2.75) is 26.2 Å². The first-order chi connectivity index (χ1) is 17.0. The van der Waals surface area contributed by atoms with Crippen LogP contribution in [0.3, 0.4) is 0 Å². The van der Waals surface area contributed by atoms with Crippen molar-refractivity contribution in [3.63, 3.8) is 0 Å². The lowest BCUT2D eigenvalue weighted by molar-refractivity contribution is -0.120. The molecule has 0 bridgehead atoms. The minimum atomic E-state index is -0.731. The maximum atomic E-state index is 13.0. The number of ether oxygens (including phenoxy) is 1. The molecule has 3 aromatic rings. The molecule has 1 aliphatic heterocycles. The van der Waals surface area contributed by atoms with E-state index in [1.54, 1.807) is 30.3 Å². The number of carbonyl (C=O) groups is 3. The molecule has 9 heteroatoms. The second-order valence-corrected chi connectivity index (χ2v) is 10.3. The molecule has 4 rings (SSSR count). The summed E-state index contributed by atoms with van der Waals surface area (Å²) in [5.41, 5.74) is 1.87. The Morgan fingerprint density at radius 2 is 1.50 bits per heavy atom. The molecule has 0 aliphatic carbocycles. The zero-order valence-electron chi connectivity index (χ0n) is 19.6. The van der Waals surface area contributed by atoms with Crippen LogP contribution < -0.4 is 15.0 Å². The molecule has 6 nitrogen and oxygen atoms in total. The number of rotatable bonds is 5. The Balaban J connectivity index is 1.46. The molecule has 184 valence electrons. The zero-order chi connectivity index (χ0) is 26.2. The van der Waals surface area contributed by atoms with Crippen molar-refractivity contribution in [2.75, 3.05) is 10.2 Å². The monoisotopic (exact) mass is 542 g/mol. The van der Waals surface area contributed by atoms with Crippen LogP contribution in [0.1, 0.15) is 36.7 Å². The van der Waals surface area contributed by atoms with Gasteiger partial charge < -0.3 is 10.1 Å². The molecule has 0 unspecified atom stereocenters. The molecular weight excluding hydrogens is 523 g/mol. The van der Waals surface area contributed by atoms with E-state index in [1.165, 1.54) is 24.3 Å². The zero-order valence-corrected chi connectivity index (χ0v) is 21.8. The average molecular weight is 544 g/mol. The molecule has 36 heavy (non-hydrogen) atoms. The van der Waals surface area contributed by atoms with Crippen molar-refractivity contribution in [1.29, 1.82) is 0 Å². The highest BCUT2D eigenvalue weighted by Gasteiger charge is 2.40. The van der Waals surface area contributed by atoms with Gasteiger partial charge in [0.05, 0.1) is 16.3 Å². The molecule has 0 saturated heterocycles. The third-order valence-electron chi connectivity index (χ3n) is 5.50. The first kappa shape index (κ1) is 25.8. The summed E-state index contributed by atoms with van der Waals surface area (Å²) in [5, 5.41) is 3.03. The first-order valence-corrected chi connectivity index (χ1v) is 12.0. The van der Waals surface area contributed by atoms with Gasteiger partial charge in [0, 0.05) is 10.7 Å². The number of nitrogens with zero attached hydrogens (tertiary/aromatic N) is 1. The summed E-state index contributed by atoms with van der Waals surface area (Å²) < 4.78 is 5.45. The number of halogens is 3. The van der Waals surface area contributed by atoms with Crippen LogP contribution in [0.2, 0.25) is 10.0 Å². The Bertz CT molecular complexity index is 1390. The Kier molecular flexibility index (Phi) is 7.14. The number of esters is 1. The number of benzene rings is 3. The standard InChI is InChI=1S/C27H21Cl3N2O4/c1-27(2,3)16-6-11-19(12-7-16)36-26(35)15-4-9-18(10-5-15)31-23-22(30)24(33)32(25(23)34)21-14-17(28)8-13-20(21)29/h4-14,31H,1-3H3. The number of imide groups is 1. The quantitative estimate of drug-likeness (QED) is 0.214. The van der Waals surface area contributed by atoms with Gasteiger partial charge in [0.15, 0.2) is 0 Å². The Morgan fingerprint density at radius 3 is 2.11 bits per heavy atom. The lowest BCUT2D eigenvalue weighted by Gasteiger charge is -2.19. The molecule has 0 spiro atoms. The maximum absolute atomic E-state index is 13.0. The van der Waals surface area contributed by atoms with E-state index in [1.807, 2.05) is 12.1 Å². The molecule has 0 fully saturated rings. The number of hydrogen-bond acceptors (Lipinski definition) is 5. The second kappa shape index (κ2) is 9.97. The van der Waals surface area contributed by atoms with Crippen LogP contribution in [0.5, 0.6) is 5.75 Å². The average Bonchev–Trinajstić information content (AvgIpc) is 3.04. The van der Waals surface area contributed by atoms with E-state index in [4.69, 9.17) is 39.5 Å². The van der Waals surface area contributed by atoms with Gasteiger partial charge in [-0.25, -0.2) is 9.69 Å². The van der Waals surface area contributed by atoms with Crippen molar-refractivity contribution in [3.8, 4) is 5.75 Å². The summed E-state index contributed by atoms with van der Waals surface area (Å²) >= 11 is 18.3. The van der Waals surface area contributed by atoms with Crippen LogP contribution in [0.25, 0.3) is 0 Å². The SMILES string of the molecule is CC(C)(C)c1ccc(OC(=O)c2ccc(NC3=C(Cl)C(=O)N(c4cc(Cl)ccc4Cl)C3=O)cc2)cc1. The minimum absolute atomic E-state index is 0.00748. The number of carbonyl (C=O) groups excluding carboxylic acids is 3.